The monoisotopic (exact) mass is 267 g/mol. The highest BCUT2D eigenvalue weighted by atomic mass is 16.3. The first-order chi connectivity index (χ1) is 9.20. The van der Waals surface area contributed by atoms with Crippen molar-refractivity contribution in [1.29, 1.82) is 0 Å². The van der Waals surface area contributed by atoms with E-state index in [2.05, 4.69) is 0 Å². The van der Waals surface area contributed by atoms with Gasteiger partial charge in [0.15, 0.2) is 0 Å². The molecule has 2 fully saturated rings. The number of likely N-dealkylation sites (tertiary alicyclic amines) is 1. The maximum Gasteiger partial charge on any atom is 0.223 e. The Morgan fingerprint density at radius 1 is 1.37 bits per heavy atom. The summed E-state index contributed by atoms with van der Waals surface area (Å²) in [5.74, 6) is 0.951. The largest absolute Gasteiger partial charge is 0.395 e. The third kappa shape index (κ3) is 4.62. The Morgan fingerprint density at radius 2 is 2.16 bits per heavy atom. The van der Waals surface area contributed by atoms with Crippen LogP contribution in [-0.2, 0) is 4.79 Å². The molecule has 1 saturated carbocycles. The highest BCUT2D eigenvalue weighted by molar-refractivity contribution is 5.77. The SMILES string of the molecule is O=C1CCC[C@H](C=C[C@@H](O)CCC2CC2)N1CCO. The van der Waals surface area contributed by atoms with Gasteiger partial charge in [0.1, 0.15) is 0 Å². The van der Waals surface area contributed by atoms with Crippen LogP contribution in [0, 0.1) is 5.92 Å². The molecule has 1 saturated heterocycles. The highest BCUT2D eigenvalue weighted by Crippen LogP contribution is 2.34. The molecule has 0 bridgehead atoms. The number of aliphatic hydroxyl groups excluding tert-OH is 2. The van der Waals surface area contributed by atoms with Gasteiger partial charge in [0.25, 0.3) is 0 Å². The van der Waals surface area contributed by atoms with Crippen LogP contribution in [0.15, 0.2) is 12.2 Å². The van der Waals surface area contributed by atoms with E-state index in [0.29, 0.717) is 13.0 Å². The molecule has 108 valence electrons. The van der Waals surface area contributed by atoms with Crippen LogP contribution in [0.4, 0.5) is 0 Å². The minimum Gasteiger partial charge on any atom is -0.395 e. The fourth-order valence-electron chi connectivity index (χ4n) is 2.71. The molecule has 0 aromatic rings. The van der Waals surface area contributed by atoms with Crippen molar-refractivity contribution in [2.24, 2.45) is 5.92 Å². The lowest BCUT2D eigenvalue weighted by Crippen LogP contribution is -2.44. The first-order valence-corrected chi connectivity index (χ1v) is 7.47. The number of carbonyl (C=O) groups is 1. The number of aliphatic hydroxyl groups is 2. The van der Waals surface area contributed by atoms with E-state index in [1.807, 2.05) is 12.2 Å². The van der Waals surface area contributed by atoms with Gasteiger partial charge in [0.05, 0.1) is 18.8 Å². The maximum atomic E-state index is 11.8. The van der Waals surface area contributed by atoms with Crippen LogP contribution < -0.4 is 0 Å². The molecule has 0 radical (unpaired) electrons. The van der Waals surface area contributed by atoms with Crippen LogP contribution in [0.1, 0.15) is 44.9 Å². The Morgan fingerprint density at radius 3 is 2.84 bits per heavy atom. The average Bonchev–Trinajstić information content (AvgIpc) is 3.21. The fourth-order valence-corrected chi connectivity index (χ4v) is 2.71. The third-order valence-electron chi connectivity index (χ3n) is 4.08. The van der Waals surface area contributed by atoms with E-state index in [0.717, 1.165) is 31.6 Å². The molecule has 2 N–H and O–H groups in total. The van der Waals surface area contributed by atoms with Crippen LogP contribution in [0.25, 0.3) is 0 Å². The summed E-state index contributed by atoms with van der Waals surface area (Å²) in [5, 5.41) is 18.9. The van der Waals surface area contributed by atoms with Crippen LogP contribution in [0.2, 0.25) is 0 Å². The molecular weight excluding hydrogens is 242 g/mol. The molecule has 1 aliphatic carbocycles. The number of amides is 1. The average molecular weight is 267 g/mol. The Hall–Kier alpha value is -0.870. The quantitative estimate of drug-likeness (QED) is 0.687. The molecule has 1 amide bonds. The normalized spacial score (nSPS) is 26.1. The van der Waals surface area contributed by atoms with Gasteiger partial charge >= 0.3 is 0 Å². The van der Waals surface area contributed by atoms with Gasteiger partial charge in [-0.05, 0) is 31.6 Å². The topological polar surface area (TPSA) is 60.8 Å². The minimum absolute atomic E-state index is 0.000311. The van der Waals surface area contributed by atoms with Crippen molar-refractivity contribution in [2.75, 3.05) is 13.2 Å². The lowest BCUT2D eigenvalue weighted by Gasteiger charge is -2.33. The number of carbonyl (C=O) groups excluding carboxylic acids is 1. The fraction of sp³-hybridized carbons (Fsp3) is 0.800. The smallest absolute Gasteiger partial charge is 0.223 e. The summed E-state index contributed by atoms with van der Waals surface area (Å²) < 4.78 is 0. The molecule has 1 aliphatic heterocycles. The molecular formula is C15H25NO3. The predicted molar refractivity (Wildman–Crippen MR) is 73.5 cm³/mol. The van der Waals surface area contributed by atoms with E-state index in [9.17, 15) is 9.90 Å². The van der Waals surface area contributed by atoms with Gasteiger partial charge < -0.3 is 15.1 Å². The summed E-state index contributed by atoms with van der Waals surface area (Å²) in [4.78, 5) is 13.5. The molecule has 0 unspecified atom stereocenters. The predicted octanol–water partition coefficient (Wildman–Crippen LogP) is 1.47. The van der Waals surface area contributed by atoms with Crippen molar-refractivity contribution in [3.8, 4) is 0 Å². The van der Waals surface area contributed by atoms with Crippen molar-refractivity contribution >= 4 is 5.91 Å². The standard InChI is InChI=1S/C15H25NO3/c17-11-10-16-13(2-1-3-15(16)19)7-9-14(18)8-6-12-4-5-12/h7,9,12-14,17-18H,1-6,8,10-11H2/t13-,14+/m1/s1. The molecule has 2 atom stereocenters. The zero-order valence-electron chi connectivity index (χ0n) is 11.5. The van der Waals surface area contributed by atoms with Gasteiger partial charge in [-0.2, -0.15) is 0 Å². The minimum atomic E-state index is -0.395. The zero-order valence-corrected chi connectivity index (χ0v) is 11.5. The third-order valence-corrected chi connectivity index (χ3v) is 4.08. The molecule has 19 heavy (non-hydrogen) atoms. The van der Waals surface area contributed by atoms with Gasteiger partial charge in [-0.15, -0.1) is 0 Å². The van der Waals surface area contributed by atoms with E-state index >= 15 is 0 Å². The molecule has 0 spiro atoms. The van der Waals surface area contributed by atoms with Gasteiger partial charge in [0.2, 0.25) is 5.91 Å². The number of β-amino-alcohol motifs (C(OH)–C–C–N with tert-alkyl or cyclic N) is 1. The van der Waals surface area contributed by atoms with Crippen molar-refractivity contribution in [3.05, 3.63) is 12.2 Å². The first-order valence-electron chi connectivity index (χ1n) is 7.47. The van der Waals surface area contributed by atoms with Gasteiger partial charge in [0, 0.05) is 13.0 Å². The molecule has 0 aromatic carbocycles. The Balaban J connectivity index is 1.81. The molecule has 2 aliphatic rings. The van der Waals surface area contributed by atoms with Crippen molar-refractivity contribution in [2.45, 2.75) is 57.1 Å². The van der Waals surface area contributed by atoms with Crippen molar-refractivity contribution in [3.63, 3.8) is 0 Å². The van der Waals surface area contributed by atoms with E-state index in [-0.39, 0.29) is 18.6 Å². The zero-order chi connectivity index (χ0) is 13.7. The van der Waals surface area contributed by atoms with Crippen molar-refractivity contribution < 1.29 is 15.0 Å². The molecule has 1 heterocycles. The lowest BCUT2D eigenvalue weighted by molar-refractivity contribution is -0.135. The summed E-state index contributed by atoms with van der Waals surface area (Å²) >= 11 is 0. The summed E-state index contributed by atoms with van der Waals surface area (Å²) in [6.45, 7) is 0.395. The summed E-state index contributed by atoms with van der Waals surface area (Å²) in [7, 11) is 0. The number of nitrogens with zero attached hydrogens (tertiary/aromatic N) is 1. The Kier molecular flexibility index (Phi) is 5.40. The number of hydrogen-bond donors (Lipinski definition) is 2. The Labute approximate surface area is 115 Å². The Bertz CT molecular complexity index is 325. The molecule has 4 heteroatoms. The second-order valence-electron chi connectivity index (χ2n) is 5.74. The van der Waals surface area contributed by atoms with Gasteiger partial charge in [-0.25, -0.2) is 0 Å². The van der Waals surface area contributed by atoms with Crippen LogP contribution >= 0.6 is 0 Å². The van der Waals surface area contributed by atoms with E-state index in [1.54, 1.807) is 4.90 Å². The first kappa shape index (κ1) is 14.5. The molecule has 4 nitrogen and oxygen atoms in total. The summed E-state index contributed by atoms with van der Waals surface area (Å²) in [5.41, 5.74) is 0. The summed E-state index contributed by atoms with van der Waals surface area (Å²) in [6.07, 6.45) is 10.3. The van der Waals surface area contributed by atoms with Crippen molar-refractivity contribution in [1.82, 2.24) is 4.90 Å². The van der Waals surface area contributed by atoms with Crippen LogP contribution in [-0.4, -0.2) is 46.3 Å². The number of piperidine rings is 1. The van der Waals surface area contributed by atoms with E-state index in [1.165, 1.54) is 12.8 Å². The number of hydrogen-bond acceptors (Lipinski definition) is 3. The summed E-state index contributed by atoms with van der Waals surface area (Å²) in [6, 6.07) is 0.0453. The van der Waals surface area contributed by atoms with Crippen LogP contribution in [0.5, 0.6) is 0 Å². The van der Waals surface area contributed by atoms with Crippen LogP contribution in [0.3, 0.4) is 0 Å². The molecule has 0 aromatic heterocycles. The van der Waals surface area contributed by atoms with E-state index in [4.69, 9.17) is 5.11 Å². The lowest BCUT2D eigenvalue weighted by atomic mass is 10.00. The second-order valence-corrected chi connectivity index (χ2v) is 5.74. The molecule has 2 rings (SSSR count). The number of rotatable bonds is 7. The maximum absolute atomic E-state index is 11.8. The van der Waals surface area contributed by atoms with E-state index < -0.39 is 6.10 Å². The highest BCUT2D eigenvalue weighted by Gasteiger charge is 2.26. The van der Waals surface area contributed by atoms with Gasteiger partial charge in [-0.3, -0.25) is 4.79 Å². The second kappa shape index (κ2) is 7.06. The van der Waals surface area contributed by atoms with Gasteiger partial charge in [-0.1, -0.05) is 25.0 Å².